The van der Waals surface area contributed by atoms with Crippen LogP contribution in [0.1, 0.15) is 0 Å². The number of rotatable bonds is 1. The lowest BCUT2D eigenvalue weighted by Crippen LogP contribution is -1.78. The Balaban J connectivity index is 2.33. The average molecular weight is 186 g/mol. The fraction of sp³-hybridized carbons (Fsp3) is 0. The third-order valence-corrected chi connectivity index (χ3v) is 2.03. The molecular weight excluding hydrogens is 180 g/mol. The van der Waals surface area contributed by atoms with Crippen LogP contribution in [0.25, 0.3) is 22.5 Å². The zero-order chi connectivity index (χ0) is 9.38. The van der Waals surface area contributed by atoms with Gasteiger partial charge < -0.3 is 4.42 Å². The molecule has 0 radical (unpaired) electrons. The van der Waals surface area contributed by atoms with Gasteiger partial charge in [-0.3, -0.25) is 5.10 Å². The molecule has 0 unspecified atom stereocenters. The van der Waals surface area contributed by atoms with Crippen molar-refractivity contribution in [2.24, 2.45) is 0 Å². The normalized spacial score (nSPS) is 10.9. The fourth-order valence-electron chi connectivity index (χ4n) is 1.40. The summed E-state index contributed by atoms with van der Waals surface area (Å²) in [4.78, 5) is 0. The van der Waals surface area contributed by atoms with Crippen LogP contribution in [0.15, 0.2) is 35.1 Å². The number of H-pyrrole nitrogens is 1. The van der Waals surface area contributed by atoms with Crippen LogP contribution in [0, 0.1) is 0 Å². The van der Waals surface area contributed by atoms with Gasteiger partial charge in [0.05, 0.1) is 5.52 Å². The Morgan fingerprint density at radius 3 is 3.00 bits per heavy atom. The molecule has 0 atom stereocenters. The molecule has 1 N–H and O–H groups in total. The molecular formula is C9H6N4O. The average Bonchev–Trinajstić information content (AvgIpc) is 2.85. The predicted octanol–water partition coefficient (Wildman–Crippen LogP) is 1.61. The molecule has 0 fully saturated rings. The lowest BCUT2D eigenvalue weighted by molar-refractivity contribution is 0.566. The second kappa shape index (κ2) is 2.66. The summed E-state index contributed by atoms with van der Waals surface area (Å²) in [5.41, 5.74) is 1.65. The molecule has 0 saturated heterocycles. The van der Waals surface area contributed by atoms with E-state index < -0.39 is 0 Å². The second-order valence-corrected chi connectivity index (χ2v) is 2.86. The molecule has 0 aliphatic rings. The number of hydrogen-bond donors (Lipinski definition) is 1. The minimum Gasteiger partial charge on any atom is -0.422 e. The van der Waals surface area contributed by atoms with Crippen molar-refractivity contribution in [3.05, 3.63) is 30.7 Å². The first kappa shape index (κ1) is 7.25. The highest BCUT2D eigenvalue weighted by molar-refractivity contribution is 5.90. The maximum atomic E-state index is 5.08. The SMILES string of the molecule is c1ccc2c(-c3nnco3)n[nH]c2c1. The van der Waals surface area contributed by atoms with Crippen molar-refractivity contribution < 1.29 is 4.42 Å². The van der Waals surface area contributed by atoms with Gasteiger partial charge in [0, 0.05) is 5.39 Å². The number of aromatic amines is 1. The highest BCUT2D eigenvalue weighted by Crippen LogP contribution is 2.23. The number of nitrogens with zero attached hydrogens (tertiary/aromatic N) is 3. The zero-order valence-corrected chi connectivity index (χ0v) is 7.14. The zero-order valence-electron chi connectivity index (χ0n) is 7.14. The van der Waals surface area contributed by atoms with Gasteiger partial charge in [-0.1, -0.05) is 18.2 Å². The van der Waals surface area contributed by atoms with Gasteiger partial charge in [0.1, 0.15) is 0 Å². The van der Waals surface area contributed by atoms with Crippen LogP contribution in [0.2, 0.25) is 0 Å². The van der Waals surface area contributed by atoms with Crippen molar-refractivity contribution in [1.29, 1.82) is 0 Å². The number of hydrogen-bond acceptors (Lipinski definition) is 4. The number of aromatic nitrogens is 4. The molecule has 68 valence electrons. The molecule has 0 bridgehead atoms. The maximum absolute atomic E-state index is 5.08. The van der Waals surface area contributed by atoms with Gasteiger partial charge in [-0.05, 0) is 6.07 Å². The summed E-state index contributed by atoms with van der Waals surface area (Å²) in [6, 6.07) is 7.79. The molecule has 14 heavy (non-hydrogen) atoms. The Morgan fingerprint density at radius 2 is 2.14 bits per heavy atom. The topological polar surface area (TPSA) is 67.6 Å². The van der Waals surface area contributed by atoms with E-state index in [1.807, 2.05) is 24.3 Å². The second-order valence-electron chi connectivity index (χ2n) is 2.86. The van der Waals surface area contributed by atoms with Crippen LogP contribution in [0.4, 0.5) is 0 Å². The quantitative estimate of drug-likeness (QED) is 0.626. The van der Waals surface area contributed by atoms with Crippen LogP contribution in [-0.2, 0) is 0 Å². The molecule has 0 aliphatic heterocycles. The van der Waals surface area contributed by atoms with Gasteiger partial charge >= 0.3 is 0 Å². The molecule has 2 heterocycles. The summed E-state index contributed by atoms with van der Waals surface area (Å²) >= 11 is 0. The van der Waals surface area contributed by atoms with Gasteiger partial charge in [-0.25, -0.2) is 0 Å². The van der Waals surface area contributed by atoms with Gasteiger partial charge in [0.2, 0.25) is 6.39 Å². The fourth-order valence-corrected chi connectivity index (χ4v) is 1.40. The lowest BCUT2D eigenvalue weighted by Gasteiger charge is -1.88. The minimum absolute atomic E-state index is 0.433. The standard InChI is InChI=1S/C9H6N4O/c1-2-4-7-6(3-1)8(12-11-7)9-13-10-5-14-9/h1-5H,(H,11,12). The van der Waals surface area contributed by atoms with Crippen molar-refractivity contribution in [2.45, 2.75) is 0 Å². The van der Waals surface area contributed by atoms with Crippen LogP contribution in [0.3, 0.4) is 0 Å². The molecule has 2 aromatic heterocycles. The summed E-state index contributed by atoms with van der Waals surface area (Å²) in [6.45, 7) is 0. The molecule has 3 rings (SSSR count). The summed E-state index contributed by atoms with van der Waals surface area (Å²) in [7, 11) is 0. The Morgan fingerprint density at radius 1 is 1.21 bits per heavy atom. The monoisotopic (exact) mass is 186 g/mol. The van der Waals surface area contributed by atoms with Gasteiger partial charge in [0.25, 0.3) is 5.89 Å². The number of benzene rings is 1. The largest absolute Gasteiger partial charge is 0.422 e. The van der Waals surface area contributed by atoms with E-state index in [2.05, 4.69) is 20.4 Å². The summed E-state index contributed by atoms with van der Waals surface area (Å²) in [5, 5.41) is 15.4. The highest BCUT2D eigenvalue weighted by atomic mass is 16.4. The number of para-hydroxylation sites is 1. The van der Waals surface area contributed by atoms with Crippen molar-refractivity contribution in [1.82, 2.24) is 20.4 Å². The van der Waals surface area contributed by atoms with E-state index in [1.54, 1.807) is 0 Å². The third-order valence-electron chi connectivity index (χ3n) is 2.03. The molecule has 0 aliphatic carbocycles. The first-order valence-corrected chi connectivity index (χ1v) is 4.15. The number of fused-ring (bicyclic) bond motifs is 1. The molecule has 3 aromatic rings. The Hall–Kier alpha value is -2.17. The van der Waals surface area contributed by atoms with Crippen LogP contribution in [0.5, 0.6) is 0 Å². The Bertz CT molecular complexity index is 555. The van der Waals surface area contributed by atoms with Gasteiger partial charge in [-0.15, -0.1) is 10.2 Å². The summed E-state index contributed by atoms with van der Waals surface area (Å²) in [6.07, 6.45) is 1.29. The van der Waals surface area contributed by atoms with Crippen molar-refractivity contribution in [3.8, 4) is 11.6 Å². The molecule has 1 aromatic carbocycles. The molecule has 0 amide bonds. The minimum atomic E-state index is 0.433. The summed E-state index contributed by atoms with van der Waals surface area (Å²) in [5.74, 6) is 0.433. The van der Waals surface area contributed by atoms with Crippen LogP contribution in [-0.4, -0.2) is 20.4 Å². The molecule has 0 spiro atoms. The Kier molecular flexibility index (Phi) is 1.38. The number of nitrogens with one attached hydrogen (secondary N) is 1. The van der Waals surface area contributed by atoms with E-state index in [9.17, 15) is 0 Å². The third kappa shape index (κ3) is 0.922. The molecule has 0 saturated carbocycles. The van der Waals surface area contributed by atoms with E-state index in [1.165, 1.54) is 6.39 Å². The van der Waals surface area contributed by atoms with Crippen molar-refractivity contribution in [2.75, 3.05) is 0 Å². The van der Waals surface area contributed by atoms with Gasteiger partial charge in [0.15, 0.2) is 5.69 Å². The molecule has 5 nitrogen and oxygen atoms in total. The molecule has 5 heteroatoms. The highest BCUT2D eigenvalue weighted by Gasteiger charge is 2.11. The lowest BCUT2D eigenvalue weighted by atomic mass is 10.2. The van der Waals surface area contributed by atoms with Gasteiger partial charge in [-0.2, -0.15) is 5.10 Å². The van der Waals surface area contributed by atoms with Crippen molar-refractivity contribution >= 4 is 10.9 Å². The smallest absolute Gasteiger partial charge is 0.268 e. The van der Waals surface area contributed by atoms with E-state index in [0.717, 1.165) is 10.9 Å². The summed E-state index contributed by atoms with van der Waals surface area (Å²) < 4.78 is 5.08. The predicted molar refractivity (Wildman–Crippen MR) is 49.4 cm³/mol. The van der Waals surface area contributed by atoms with Crippen LogP contribution < -0.4 is 0 Å². The van der Waals surface area contributed by atoms with E-state index in [4.69, 9.17) is 4.42 Å². The first-order chi connectivity index (χ1) is 6.95. The van der Waals surface area contributed by atoms with Crippen LogP contribution >= 0.6 is 0 Å². The first-order valence-electron chi connectivity index (χ1n) is 4.15. The van der Waals surface area contributed by atoms with E-state index in [0.29, 0.717) is 11.6 Å². The Labute approximate surface area is 78.8 Å². The van der Waals surface area contributed by atoms with Crippen molar-refractivity contribution in [3.63, 3.8) is 0 Å². The van der Waals surface area contributed by atoms with E-state index >= 15 is 0 Å². The van der Waals surface area contributed by atoms with E-state index in [-0.39, 0.29) is 0 Å². The maximum Gasteiger partial charge on any atom is 0.268 e.